The minimum Gasteiger partial charge on any atom is -0.454 e. The zero-order valence-electron chi connectivity index (χ0n) is 8.82. The van der Waals surface area contributed by atoms with Crippen molar-refractivity contribution in [2.75, 3.05) is 0 Å². The second-order valence-electron chi connectivity index (χ2n) is 3.33. The van der Waals surface area contributed by atoms with Crippen LogP contribution in [0.25, 0.3) is 0 Å². The highest BCUT2D eigenvalue weighted by molar-refractivity contribution is 9.10. The first kappa shape index (κ1) is 16.4. The Hall–Kier alpha value is -0.700. The third kappa shape index (κ3) is 4.41. The van der Waals surface area contributed by atoms with Gasteiger partial charge in [0.15, 0.2) is 0 Å². The van der Waals surface area contributed by atoms with E-state index in [-0.39, 0.29) is 11.4 Å². The molecule has 0 aliphatic heterocycles. The van der Waals surface area contributed by atoms with Crippen molar-refractivity contribution < 1.29 is 31.1 Å². The average molecular weight is 372 g/mol. The Morgan fingerprint density at radius 2 is 1.74 bits per heavy atom. The Kier molecular flexibility index (Phi) is 4.94. The molecule has 0 unspecified atom stereocenters. The van der Waals surface area contributed by atoms with Gasteiger partial charge >= 0.3 is 12.4 Å². The third-order valence-corrected chi connectivity index (χ3v) is 2.58. The lowest BCUT2D eigenvalue weighted by atomic mass is 10.3. The fourth-order valence-electron chi connectivity index (χ4n) is 1.10. The highest BCUT2D eigenvalue weighted by Gasteiger charge is 2.59. The number of nitrogens with zero attached hydrogens (tertiary/aromatic N) is 1. The van der Waals surface area contributed by atoms with Gasteiger partial charge in [-0.15, -0.1) is 11.6 Å². The summed E-state index contributed by atoms with van der Waals surface area (Å²) in [7, 11) is 0. The summed E-state index contributed by atoms with van der Waals surface area (Å²) in [5.41, 5.74) is -0.0884. The van der Waals surface area contributed by atoms with Crippen molar-refractivity contribution in [2.45, 2.75) is 24.3 Å². The predicted octanol–water partition coefficient (Wildman–Crippen LogP) is 4.45. The predicted molar refractivity (Wildman–Crippen MR) is 58.0 cm³/mol. The quantitative estimate of drug-likeness (QED) is 0.577. The maximum atomic E-state index is 12.3. The van der Waals surface area contributed by atoms with E-state index in [0.29, 0.717) is 4.47 Å². The Morgan fingerprint density at radius 1 is 1.21 bits per heavy atom. The molecule has 0 N–H and O–H groups in total. The molecule has 19 heavy (non-hydrogen) atoms. The van der Waals surface area contributed by atoms with Crippen LogP contribution in [-0.4, -0.2) is 23.4 Å². The van der Waals surface area contributed by atoms with Gasteiger partial charge in [0.1, 0.15) is 0 Å². The van der Waals surface area contributed by atoms with Gasteiger partial charge in [0.05, 0.1) is 5.88 Å². The van der Waals surface area contributed by atoms with E-state index in [0.717, 1.165) is 6.20 Å². The molecule has 0 aliphatic carbocycles. The monoisotopic (exact) mass is 371 g/mol. The van der Waals surface area contributed by atoms with Crippen molar-refractivity contribution in [1.82, 2.24) is 4.98 Å². The number of aromatic nitrogens is 1. The zero-order valence-corrected chi connectivity index (χ0v) is 11.2. The Bertz CT molecular complexity index is 435. The largest absolute Gasteiger partial charge is 0.454 e. The minimum atomic E-state index is -5.60. The molecule has 1 heterocycles. The van der Waals surface area contributed by atoms with E-state index < -0.39 is 24.3 Å². The van der Waals surface area contributed by atoms with Gasteiger partial charge in [-0.2, -0.15) is 26.3 Å². The van der Waals surface area contributed by atoms with Gasteiger partial charge in [-0.3, -0.25) is 0 Å². The molecule has 0 saturated heterocycles. The highest BCUT2D eigenvalue weighted by Crippen LogP contribution is 2.37. The highest BCUT2D eigenvalue weighted by atomic mass is 79.9. The van der Waals surface area contributed by atoms with Crippen LogP contribution < -0.4 is 4.74 Å². The molecular formula is C9H5BrClF6NO. The first-order valence-electron chi connectivity index (χ1n) is 4.56. The van der Waals surface area contributed by atoms with Crippen molar-refractivity contribution in [3.63, 3.8) is 0 Å². The van der Waals surface area contributed by atoms with Gasteiger partial charge in [-0.25, -0.2) is 4.98 Å². The van der Waals surface area contributed by atoms with E-state index in [4.69, 9.17) is 11.6 Å². The van der Waals surface area contributed by atoms with E-state index in [1.54, 1.807) is 0 Å². The Morgan fingerprint density at radius 3 is 2.16 bits per heavy atom. The molecule has 0 aromatic carbocycles. The van der Waals surface area contributed by atoms with E-state index in [9.17, 15) is 26.3 Å². The molecule has 2 nitrogen and oxygen atoms in total. The van der Waals surface area contributed by atoms with Crippen LogP contribution in [0, 0.1) is 0 Å². The lowest BCUT2D eigenvalue weighted by Crippen LogP contribution is -2.46. The summed E-state index contributed by atoms with van der Waals surface area (Å²) in [6, 6.07) is 1.22. The maximum Gasteiger partial charge on any atom is 0.434 e. The Balaban J connectivity index is 3.11. The molecule has 0 saturated carbocycles. The van der Waals surface area contributed by atoms with E-state index in [1.165, 1.54) is 6.07 Å². The summed E-state index contributed by atoms with van der Waals surface area (Å²) < 4.78 is 78.1. The summed E-state index contributed by atoms with van der Waals surface area (Å²) in [6.45, 7) is 0. The zero-order chi connectivity index (χ0) is 14.8. The molecule has 0 atom stereocenters. The fraction of sp³-hybridized carbons (Fsp3) is 0.444. The molecule has 0 amide bonds. The van der Waals surface area contributed by atoms with Crippen LogP contribution in [0.1, 0.15) is 5.56 Å². The molecule has 1 aromatic heterocycles. The van der Waals surface area contributed by atoms with E-state index >= 15 is 0 Å². The average Bonchev–Trinajstić information content (AvgIpc) is 2.23. The first-order chi connectivity index (χ1) is 8.55. The van der Waals surface area contributed by atoms with Crippen LogP contribution in [0.5, 0.6) is 5.88 Å². The molecule has 1 aromatic rings. The van der Waals surface area contributed by atoms with Gasteiger partial charge < -0.3 is 4.74 Å². The molecule has 0 bridgehead atoms. The van der Waals surface area contributed by atoms with E-state index in [1.807, 2.05) is 0 Å². The number of alkyl halides is 7. The second kappa shape index (κ2) is 5.74. The molecule has 108 valence electrons. The van der Waals surface area contributed by atoms with Crippen LogP contribution in [0.4, 0.5) is 26.3 Å². The first-order valence-corrected chi connectivity index (χ1v) is 5.89. The summed E-state index contributed by atoms with van der Waals surface area (Å²) >= 11 is 8.37. The number of rotatable bonds is 3. The molecular weight excluding hydrogens is 367 g/mol. The van der Waals surface area contributed by atoms with Gasteiger partial charge in [0.2, 0.25) is 5.88 Å². The van der Waals surface area contributed by atoms with Crippen LogP contribution in [0.2, 0.25) is 0 Å². The topological polar surface area (TPSA) is 22.1 Å². The van der Waals surface area contributed by atoms with Crippen molar-refractivity contribution in [1.29, 1.82) is 0 Å². The summed E-state index contributed by atoms with van der Waals surface area (Å²) in [5.74, 6) is -1.15. The number of hydrogen-bond acceptors (Lipinski definition) is 2. The second-order valence-corrected chi connectivity index (χ2v) is 4.52. The van der Waals surface area contributed by atoms with Crippen LogP contribution in [0.3, 0.4) is 0 Å². The smallest absolute Gasteiger partial charge is 0.434 e. The molecule has 1 rings (SSSR count). The third-order valence-electron chi connectivity index (χ3n) is 1.86. The van der Waals surface area contributed by atoms with Gasteiger partial charge in [0, 0.05) is 16.2 Å². The van der Waals surface area contributed by atoms with Crippen LogP contribution in [0.15, 0.2) is 16.7 Å². The number of hydrogen-bond donors (Lipinski definition) is 0. The van der Waals surface area contributed by atoms with Gasteiger partial charge in [-0.05, 0) is 22.0 Å². The van der Waals surface area contributed by atoms with Crippen molar-refractivity contribution in [3.8, 4) is 5.88 Å². The summed E-state index contributed by atoms with van der Waals surface area (Å²) in [6.07, 6.45) is -14.1. The van der Waals surface area contributed by atoms with Crippen molar-refractivity contribution >= 4 is 27.5 Å². The van der Waals surface area contributed by atoms with Crippen molar-refractivity contribution in [3.05, 3.63) is 22.3 Å². The number of ether oxygens (including phenoxy) is 1. The summed E-state index contributed by atoms with van der Waals surface area (Å²) in [5, 5.41) is 0. The van der Waals surface area contributed by atoms with E-state index in [2.05, 4.69) is 25.7 Å². The van der Waals surface area contributed by atoms with Gasteiger partial charge in [0.25, 0.3) is 6.10 Å². The molecule has 10 heteroatoms. The fourth-order valence-corrected chi connectivity index (χ4v) is 1.67. The van der Waals surface area contributed by atoms with Gasteiger partial charge in [-0.1, -0.05) is 0 Å². The van der Waals surface area contributed by atoms with Crippen LogP contribution >= 0.6 is 27.5 Å². The Labute approximate surface area is 116 Å². The number of pyridine rings is 1. The van der Waals surface area contributed by atoms with Crippen LogP contribution in [-0.2, 0) is 5.88 Å². The minimum absolute atomic E-state index is 0.0884. The SMILES string of the molecule is FC(F)(F)C(Oc1ncc(Br)cc1CCl)C(F)(F)F. The summed E-state index contributed by atoms with van der Waals surface area (Å²) in [4.78, 5) is 3.36. The molecule has 0 aliphatic rings. The number of halogens is 8. The lowest BCUT2D eigenvalue weighted by Gasteiger charge is -2.24. The molecule has 0 radical (unpaired) electrons. The van der Waals surface area contributed by atoms with Crippen molar-refractivity contribution in [2.24, 2.45) is 0 Å². The lowest BCUT2D eigenvalue weighted by molar-refractivity contribution is -0.300. The molecule has 0 fully saturated rings. The normalized spacial score (nSPS) is 12.9. The molecule has 0 spiro atoms. The maximum absolute atomic E-state index is 12.3. The standard InChI is InChI=1S/C9H5BrClF6NO/c10-5-1-4(2-11)6(18-3-5)19-7(8(12,13)14)9(15,16)17/h1,3,7H,2H2.